The number of hydrogen-bond donors (Lipinski definition) is 3. The molecule has 0 spiro atoms. The van der Waals surface area contributed by atoms with Gasteiger partial charge in [-0.1, -0.05) is 25.5 Å². The first kappa shape index (κ1) is 12.7. The highest BCUT2D eigenvalue weighted by Crippen LogP contribution is 2.19. The summed E-state index contributed by atoms with van der Waals surface area (Å²) < 4.78 is 0. The summed E-state index contributed by atoms with van der Waals surface area (Å²) in [5.74, 6) is -1.23. The van der Waals surface area contributed by atoms with E-state index in [1.54, 1.807) is 18.2 Å². The maximum atomic E-state index is 10.7. The van der Waals surface area contributed by atoms with Gasteiger partial charge in [0.15, 0.2) is 0 Å². The molecule has 86 valence electrons. The molecule has 1 aromatic carbocycles. The van der Waals surface area contributed by atoms with Crippen LogP contribution in [0.25, 0.3) is 0 Å². The van der Waals surface area contributed by atoms with Crippen molar-refractivity contribution in [1.29, 1.82) is 0 Å². The van der Waals surface area contributed by atoms with Crippen molar-refractivity contribution < 1.29 is 19.9 Å². The average Bonchev–Trinajstić information content (AvgIpc) is 2.25. The van der Waals surface area contributed by atoms with Crippen LogP contribution in [0.15, 0.2) is 24.3 Å². The van der Waals surface area contributed by atoms with Crippen LogP contribution in [0.3, 0.4) is 0 Å². The Bertz CT molecular complexity index is 365. The first-order valence-corrected chi connectivity index (χ1v) is 5.23. The Labute approximate surface area is 94.7 Å². The molecule has 0 bridgehead atoms. The van der Waals surface area contributed by atoms with Gasteiger partial charge in [-0.2, -0.15) is 0 Å². The fraction of sp³-hybridized carbons (Fsp3) is 0.364. The second-order valence-corrected chi connectivity index (χ2v) is 3.79. The Kier molecular flexibility index (Phi) is 4.52. The first-order valence-electron chi connectivity index (χ1n) is 5.23. The van der Waals surface area contributed by atoms with Gasteiger partial charge in [0, 0.05) is 0 Å². The Hall–Kier alpha value is -1.33. The molecule has 16 heavy (non-hydrogen) atoms. The Balaban J connectivity index is 2.80. The number of hydrogen-bond acceptors (Lipinski definition) is 3. The summed E-state index contributed by atoms with van der Waals surface area (Å²) in [6.07, 6.45) is 1.10. The second kappa shape index (κ2) is 5.68. The number of carbonyl (C=O) groups is 1. The SMILES string of the molecule is CC[C@H](Cc1cccc(C(=O)O)c1)B(O)O. The third kappa shape index (κ3) is 3.36. The summed E-state index contributed by atoms with van der Waals surface area (Å²) in [5.41, 5.74) is 1.03. The summed E-state index contributed by atoms with van der Waals surface area (Å²) in [5, 5.41) is 27.0. The van der Waals surface area contributed by atoms with Crippen LogP contribution in [0.2, 0.25) is 5.82 Å². The van der Waals surface area contributed by atoms with Crippen LogP contribution >= 0.6 is 0 Å². The van der Waals surface area contributed by atoms with Crippen LogP contribution < -0.4 is 0 Å². The van der Waals surface area contributed by atoms with Gasteiger partial charge in [0.2, 0.25) is 0 Å². The summed E-state index contributed by atoms with van der Waals surface area (Å²) in [6, 6.07) is 6.53. The van der Waals surface area contributed by atoms with Gasteiger partial charge in [0.1, 0.15) is 0 Å². The summed E-state index contributed by atoms with van der Waals surface area (Å²) in [4.78, 5) is 10.7. The summed E-state index contributed by atoms with van der Waals surface area (Å²) in [6.45, 7) is 1.87. The highest BCUT2D eigenvalue weighted by molar-refractivity contribution is 6.43. The normalized spacial score (nSPS) is 12.2. The maximum absolute atomic E-state index is 10.7. The van der Waals surface area contributed by atoms with E-state index in [2.05, 4.69) is 0 Å². The van der Waals surface area contributed by atoms with Gasteiger partial charge >= 0.3 is 13.1 Å². The Morgan fingerprint density at radius 2 is 2.12 bits per heavy atom. The van der Waals surface area contributed by atoms with E-state index in [1.165, 1.54) is 6.07 Å². The molecule has 1 rings (SSSR count). The molecular formula is C11H15BO4. The van der Waals surface area contributed by atoms with Crippen LogP contribution in [0.5, 0.6) is 0 Å². The van der Waals surface area contributed by atoms with Crippen molar-refractivity contribution in [2.75, 3.05) is 0 Å². The molecule has 0 saturated heterocycles. The number of benzene rings is 1. The molecule has 0 aliphatic rings. The molecule has 5 heteroatoms. The highest BCUT2D eigenvalue weighted by atomic mass is 16.4. The van der Waals surface area contributed by atoms with E-state index in [9.17, 15) is 4.79 Å². The molecule has 1 aromatic rings. The fourth-order valence-electron chi connectivity index (χ4n) is 1.59. The molecule has 0 radical (unpaired) electrons. The minimum atomic E-state index is -1.36. The summed E-state index contributed by atoms with van der Waals surface area (Å²) in [7, 11) is -1.36. The monoisotopic (exact) mass is 222 g/mol. The van der Waals surface area contributed by atoms with Crippen LogP contribution in [-0.4, -0.2) is 28.2 Å². The van der Waals surface area contributed by atoms with E-state index in [0.717, 1.165) is 5.56 Å². The lowest BCUT2D eigenvalue weighted by Crippen LogP contribution is -2.21. The maximum Gasteiger partial charge on any atom is 0.455 e. The highest BCUT2D eigenvalue weighted by Gasteiger charge is 2.21. The predicted octanol–water partition coefficient (Wildman–Crippen LogP) is 1.18. The predicted molar refractivity (Wildman–Crippen MR) is 61.3 cm³/mol. The van der Waals surface area contributed by atoms with Crippen molar-refractivity contribution in [2.24, 2.45) is 0 Å². The van der Waals surface area contributed by atoms with Crippen molar-refractivity contribution >= 4 is 13.1 Å². The van der Waals surface area contributed by atoms with Gasteiger partial charge < -0.3 is 15.2 Å². The van der Waals surface area contributed by atoms with Crippen molar-refractivity contribution in [3.05, 3.63) is 35.4 Å². The van der Waals surface area contributed by atoms with Crippen molar-refractivity contribution in [2.45, 2.75) is 25.6 Å². The van der Waals surface area contributed by atoms with Gasteiger partial charge in [-0.15, -0.1) is 0 Å². The number of carboxylic acid groups (broad SMARTS) is 1. The van der Waals surface area contributed by atoms with Gasteiger partial charge in [0.25, 0.3) is 0 Å². The molecule has 1 atom stereocenters. The standard InChI is InChI=1S/C11H15BO4/c1-2-10(12(15)16)7-8-4-3-5-9(6-8)11(13)14/h3-6,10,15-16H,2,7H2,1H3,(H,13,14)/t10-/m1/s1. The molecule has 0 unspecified atom stereocenters. The quantitative estimate of drug-likeness (QED) is 0.653. The molecule has 0 heterocycles. The van der Waals surface area contributed by atoms with E-state index in [-0.39, 0.29) is 11.4 Å². The van der Waals surface area contributed by atoms with Crippen LogP contribution in [0.1, 0.15) is 29.3 Å². The van der Waals surface area contributed by atoms with E-state index in [4.69, 9.17) is 15.2 Å². The molecule has 0 aromatic heterocycles. The zero-order valence-electron chi connectivity index (χ0n) is 9.13. The zero-order chi connectivity index (χ0) is 12.1. The van der Waals surface area contributed by atoms with E-state index in [1.807, 2.05) is 6.92 Å². The lowest BCUT2D eigenvalue weighted by Gasteiger charge is -2.13. The lowest BCUT2D eigenvalue weighted by molar-refractivity contribution is 0.0696. The van der Waals surface area contributed by atoms with Gasteiger partial charge in [-0.3, -0.25) is 0 Å². The van der Waals surface area contributed by atoms with Crippen molar-refractivity contribution in [3.8, 4) is 0 Å². The van der Waals surface area contributed by atoms with E-state index < -0.39 is 13.1 Å². The molecule has 0 saturated carbocycles. The van der Waals surface area contributed by atoms with Crippen molar-refractivity contribution in [1.82, 2.24) is 0 Å². The topological polar surface area (TPSA) is 77.8 Å². The van der Waals surface area contributed by atoms with Gasteiger partial charge in [-0.25, -0.2) is 4.79 Å². The van der Waals surface area contributed by atoms with Crippen molar-refractivity contribution in [3.63, 3.8) is 0 Å². The smallest absolute Gasteiger partial charge is 0.455 e. The molecule has 0 amide bonds. The molecule has 0 aliphatic heterocycles. The third-order valence-corrected chi connectivity index (χ3v) is 2.62. The van der Waals surface area contributed by atoms with Gasteiger partial charge in [0.05, 0.1) is 5.56 Å². The minimum Gasteiger partial charge on any atom is -0.478 e. The minimum absolute atomic E-state index is 0.222. The molecule has 0 aliphatic carbocycles. The van der Waals surface area contributed by atoms with E-state index in [0.29, 0.717) is 12.8 Å². The lowest BCUT2D eigenvalue weighted by atomic mass is 9.68. The number of aromatic carboxylic acids is 1. The third-order valence-electron chi connectivity index (χ3n) is 2.62. The number of carboxylic acids is 1. The molecular weight excluding hydrogens is 207 g/mol. The van der Waals surface area contributed by atoms with Crippen LogP contribution in [0, 0.1) is 0 Å². The van der Waals surface area contributed by atoms with E-state index >= 15 is 0 Å². The molecule has 3 N–H and O–H groups in total. The average molecular weight is 222 g/mol. The molecule has 4 nitrogen and oxygen atoms in total. The fourth-order valence-corrected chi connectivity index (χ4v) is 1.59. The first-order chi connectivity index (χ1) is 7.54. The Morgan fingerprint density at radius 3 is 2.62 bits per heavy atom. The summed E-state index contributed by atoms with van der Waals surface area (Å²) >= 11 is 0. The zero-order valence-corrected chi connectivity index (χ0v) is 9.13. The number of rotatable bonds is 5. The van der Waals surface area contributed by atoms with Gasteiger partial charge in [-0.05, 0) is 29.9 Å². The largest absolute Gasteiger partial charge is 0.478 e. The Morgan fingerprint density at radius 1 is 1.44 bits per heavy atom. The van der Waals surface area contributed by atoms with Crippen LogP contribution in [0.4, 0.5) is 0 Å². The molecule has 0 fully saturated rings. The second-order valence-electron chi connectivity index (χ2n) is 3.79. The van der Waals surface area contributed by atoms with Crippen LogP contribution in [-0.2, 0) is 6.42 Å².